The van der Waals surface area contributed by atoms with Crippen molar-refractivity contribution in [1.82, 2.24) is 5.32 Å². The molecule has 2 N–H and O–H groups in total. The predicted octanol–water partition coefficient (Wildman–Crippen LogP) is 3.30. The number of rotatable bonds is 6. The summed E-state index contributed by atoms with van der Waals surface area (Å²) in [6.07, 6.45) is 2.43. The number of piperidine rings is 1. The molecule has 0 unspecified atom stereocenters. The Kier molecular flexibility index (Phi) is 6.53. The van der Waals surface area contributed by atoms with Gasteiger partial charge in [-0.15, -0.1) is 0 Å². The Bertz CT molecular complexity index is 812. The lowest BCUT2D eigenvalue weighted by molar-refractivity contribution is -0.115. The highest BCUT2D eigenvalue weighted by molar-refractivity contribution is 5.99. The van der Waals surface area contributed by atoms with Crippen LogP contribution in [0.3, 0.4) is 0 Å². The van der Waals surface area contributed by atoms with E-state index in [0.717, 1.165) is 24.7 Å². The predicted molar refractivity (Wildman–Crippen MR) is 111 cm³/mol. The zero-order chi connectivity index (χ0) is 19.9. The second-order valence-corrected chi connectivity index (χ2v) is 7.18. The Morgan fingerprint density at radius 2 is 1.82 bits per heavy atom. The summed E-state index contributed by atoms with van der Waals surface area (Å²) in [7, 11) is 1.54. The summed E-state index contributed by atoms with van der Waals surface area (Å²) in [5.41, 5.74) is 2.35. The number of amides is 2. The Morgan fingerprint density at radius 3 is 2.50 bits per heavy atom. The van der Waals surface area contributed by atoms with Gasteiger partial charge in [0.15, 0.2) is 0 Å². The monoisotopic (exact) mass is 381 g/mol. The van der Waals surface area contributed by atoms with Gasteiger partial charge in [-0.3, -0.25) is 9.59 Å². The van der Waals surface area contributed by atoms with Crippen LogP contribution in [0, 0.1) is 5.92 Å². The summed E-state index contributed by atoms with van der Waals surface area (Å²) in [4.78, 5) is 26.7. The van der Waals surface area contributed by atoms with Crippen molar-refractivity contribution in [2.75, 3.05) is 37.0 Å². The second-order valence-electron chi connectivity index (χ2n) is 7.18. The number of methoxy groups -OCH3 is 1. The molecule has 0 saturated carbocycles. The van der Waals surface area contributed by atoms with Crippen molar-refractivity contribution >= 4 is 23.2 Å². The average Bonchev–Trinajstić information content (AvgIpc) is 2.73. The standard InChI is InChI=1S/C22H27N3O3/c1-16-10-12-25(13-11-16)19-8-6-18(7-9-19)24-21(26)15-23-22(27)17-4-3-5-20(14-17)28-2/h3-9,14,16H,10-13,15H2,1-2H3,(H,23,27)(H,24,26). The first-order valence-corrected chi connectivity index (χ1v) is 9.62. The number of benzene rings is 2. The van der Waals surface area contributed by atoms with Gasteiger partial charge in [-0.1, -0.05) is 13.0 Å². The number of ether oxygens (including phenoxy) is 1. The van der Waals surface area contributed by atoms with Crippen LogP contribution in [-0.4, -0.2) is 38.6 Å². The summed E-state index contributed by atoms with van der Waals surface area (Å²) in [5, 5.41) is 5.43. The number of nitrogens with one attached hydrogen (secondary N) is 2. The minimum absolute atomic E-state index is 0.0954. The number of hydrogen-bond acceptors (Lipinski definition) is 4. The molecule has 0 radical (unpaired) electrons. The molecule has 0 atom stereocenters. The van der Waals surface area contributed by atoms with Gasteiger partial charge in [-0.2, -0.15) is 0 Å². The maximum absolute atomic E-state index is 12.2. The first-order chi connectivity index (χ1) is 13.5. The third kappa shape index (κ3) is 5.25. The van der Waals surface area contributed by atoms with Crippen molar-refractivity contribution in [3.63, 3.8) is 0 Å². The molecule has 6 nitrogen and oxygen atoms in total. The summed E-state index contributed by atoms with van der Waals surface area (Å²) in [6, 6.07) is 14.7. The fourth-order valence-corrected chi connectivity index (χ4v) is 3.25. The van der Waals surface area contributed by atoms with Gasteiger partial charge < -0.3 is 20.3 Å². The van der Waals surface area contributed by atoms with Gasteiger partial charge in [-0.05, 0) is 61.2 Å². The Labute approximate surface area is 165 Å². The summed E-state index contributed by atoms with van der Waals surface area (Å²) >= 11 is 0. The topological polar surface area (TPSA) is 70.7 Å². The van der Waals surface area contributed by atoms with Gasteiger partial charge in [0.2, 0.25) is 5.91 Å². The maximum atomic E-state index is 12.2. The van der Waals surface area contributed by atoms with E-state index in [0.29, 0.717) is 11.3 Å². The van der Waals surface area contributed by atoms with Crippen molar-refractivity contribution in [2.24, 2.45) is 5.92 Å². The molecular formula is C22H27N3O3. The molecule has 6 heteroatoms. The van der Waals surface area contributed by atoms with E-state index >= 15 is 0 Å². The van der Waals surface area contributed by atoms with E-state index in [4.69, 9.17) is 4.74 Å². The molecule has 0 bridgehead atoms. The number of carbonyl (C=O) groups is 2. The van der Waals surface area contributed by atoms with Gasteiger partial charge >= 0.3 is 0 Å². The van der Waals surface area contributed by atoms with Crippen molar-refractivity contribution < 1.29 is 14.3 Å². The first-order valence-electron chi connectivity index (χ1n) is 9.62. The van der Waals surface area contributed by atoms with E-state index in [1.807, 2.05) is 24.3 Å². The molecule has 1 fully saturated rings. The Balaban J connectivity index is 1.48. The highest BCUT2D eigenvalue weighted by Crippen LogP contribution is 2.24. The molecule has 3 rings (SSSR count). The van der Waals surface area contributed by atoms with E-state index in [2.05, 4.69) is 22.5 Å². The van der Waals surface area contributed by atoms with E-state index in [9.17, 15) is 9.59 Å². The summed E-state index contributed by atoms with van der Waals surface area (Å²) in [6.45, 7) is 4.34. The molecule has 0 aliphatic carbocycles. The number of nitrogens with zero attached hydrogens (tertiary/aromatic N) is 1. The van der Waals surface area contributed by atoms with Gasteiger partial charge in [-0.25, -0.2) is 0 Å². The molecule has 1 aliphatic heterocycles. The van der Waals surface area contributed by atoms with Crippen LogP contribution in [0.25, 0.3) is 0 Å². The molecule has 0 aromatic heterocycles. The molecule has 1 heterocycles. The quantitative estimate of drug-likeness (QED) is 0.805. The zero-order valence-electron chi connectivity index (χ0n) is 16.4. The van der Waals surface area contributed by atoms with E-state index < -0.39 is 0 Å². The molecule has 2 aromatic carbocycles. The van der Waals surface area contributed by atoms with Crippen LogP contribution in [0.15, 0.2) is 48.5 Å². The number of anilines is 2. The van der Waals surface area contributed by atoms with Crippen LogP contribution in [0.1, 0.15) is 30.1 Å². The first kappa shape index (κ1) is 19.7. The van der Waals surface area contributed by atoms with Crippen LogP contribution >= 0.6 is 0 Å². The normalized spacial score (nSPS) is 14.4. The average molecular weight is 381 g/mol. The fourth-order valence-electron chi connectivity index (χ4n) is 3.25. The lowest BCUT2D eigenvalue weighted by Crippen LogP contribution is -2.33. The molecule has 2 amide bonds. The lowest BCUT2D eigenvalue weighted by Gasteiger charge is -2.32. The van der Waals surface area contributed by atoms with Crippen molar-refractivity contribution in [1.29, 1.82) is 0 Å². The van der Waals surface area contributed by atoms with Gasteiger partial charge in [0.1, 0.15) is 5.75 Å². The molecule has 148 valence electrons. The highest BCUT2D eigenvalue weighted by atomic mass is 16.5. The molecule has 1 saturated heterocycles. The van der Waals surface area contributed by atoms with E-state index in [-0.39, 0.29) is 18.4 Å². The Morgan fingerprint density at radius 1 is 1.11 bits per heavy atom. The number of hydrogen-bond donors (Lipinski definition) is 2. The summed E-state index contributed by atoms with van der Waals surface area (Å²) < 4.78 is 5.11. The third-order valence-corrected chi connectivity index (χ3v) is 5.04. The van der Waals surface area contributed by atoms with Crippen molar-refractivity contribution in [3.05, 3.63) is 54.1 Å². The van der Waals surface area contributed by atoms with Crippen LogP contribution in [0.2, 0.25) is 0 Å². The third-order valence-electron chi connectivity index (χ3n) is 5.04. The van der Waals surface area contributed by atoms with E-state index in [1.54, 1.807) is 31.4 Å². The highest BCUT2D eigenvalue weighted by Gasteiger charge is 2.16. The van der Waals surface area contributed by atoms with Crippen molar-refractivity contribution in [3.8, 4) is 5.75 Å². The summed E-state index contributed by atoms with van der Waals surface area (Å²) in [5.74, 6) is 0.807. The minimum Gasteiger partial charge on any atom is -0.497 e. The van der Waals surface area contributed by atoms with Crippen molar-refractivity contribution in [2.45, 2.75) is 19.8 Å². The number of carbonyl (C=O) groups excluding carboxylic acids is 2. The lowest BCUT2D eigenvalue weighted by atomic mass is 9.99. The fraction of sp³-hybridized carbons (Fsp3) is 0.364. The van der Waals surface area contributed by atoms with Crippen LogP contribution in [-0.2, 0) is 4.79 Å². The van der Waals surface area contributed by atoms with Gasteiger partial charge in [0.05, 0.1) is 13.7 Å². The van der Waals surface area contributed by atoms with Gasteiger partial charge in [0.25, 0.3) is 5.91 Å². The van der Waals surface area contributed by atoms with Crippen LogP contribution in [0.4, 0.5) is 11.4 Å². The molecule has 0 spiro atoms. The zero-order valence-corrected chi connectivity index (χ0v) is 16.4. The van der Waals surface area contributed by atoms with Gasteiger partial charge in [0, 0.05) is 30.0 Å². The Hall–Kier alpha value is -3.02. The molecular weight excluding hydrogens is 354 g/mol. The molecule has 28 heavy (non-hydrogen) atoms. The largest absolute Gasteiger partial charge is 0.497 e. The minimum atomic E-state index is -0.316. The second kappa shape index (κ2) is 9.26. The van der Waals surface area contributed by atoms with Crippen LogP contribution < -0.4 is 20.3 Å². The van der Waals surface area contributed by atoms with Crippen LogP contribution in [0.5, 0.6) is 5.75 Å². The molecule has 1 aliphatic rings. The smallest absolute Gasteiger partial charge is 0.251 e. The molecule has 2 aromatic rings. The maximum Gasteiger partial charge on any atom is 0.251 e. The van der Waals surface area contributed by atoms with E-state index in [1.165, 1.54) is 18.5 Å². The SMILES string of the molecule is COc1cccc(C(=O)NCC(=O)Nc2ccc(N3CCC(C)CC3)cc2)c1.